The Bertz CT molecular complexity index is 242. The molecule has 0 spiro atoms. The first-order chi connectivity index (χ1) is 7.20. The van der Waals surface area contributed by atoms with E-state index in [2.05, 4.69) is 17.6 Å². The van der Waals surface area contributed by atoms with Crippen molar-refractivity contribution >= 4 is 5.91 Å². The molecule has 4 atom stereocenters. The Labute approximate surface area is 92.0 Å². The van der Waals surface area contributed by atoms with Crippen molar-refractivity contribution in [3.05, 3.63) is 0 Å². The van der Waals surface area contributed by atoms with Gasteiger partial charge in [0.05, 0.1) is 0 Å². The van der Waals surface area contributed by atoms with Crippen LogP contribution in [0.25, 0.3) is 0 Å². The largest absolute Gasteiger partial charge is 0.352 e. The normalized spacial score (nSPS) is 35.5. The molecule has 2 rings (SSSR count). The van der Waals surface area contributed by atoms with E-state index in [-0.39, 0.29) is 11.8 Å². The molecule has 1 saturated heterocycles. The number of rotatable bonds is 4. The highest BCUT2D eigenvalue weighted by Crippen LogP contribution is 2.31. The summed E-state index contributed by atoms with van der Waals surface area (Å²) in [6.45, 7) is 5.31. The van der Waals surface area contributed by atoms with E-state index in [0.717, 1.165) is 25.3 Å². The van der Waals surface area contributed by atoms with Crippen LogP contribution >= 0.6 is 0 Å². The van der Waals surface area contributed by atoms with Crippen LogP contribution in [0, 0.1) is 11.8 Å². The third-order valence-corrected chi connectivity index (χ3v) is 3.83. The quantitative estimate of drug-likeness (QED) is 0.734. The van der Waals surface area contributed by atoms with E-state index in [0.29, 0.717) is 12.1 Å². The van der Waals surface area contributed by atoms with Gasteiger partial charge in [0.2, 0.25) is 5.91 Å². The summed E-state index contributed by atoms with van der Waals surface area (Å²) in [4.78, 5) is 11.8. The van der Waals surface area contributed by atoms with Gasteiger partial charge in [-0.1, -0.05) is 20.3 Å². The second-order valence-corrected chi connectivity index (χ2v) is 5.16. The molecule has 15 heavy (non-hydrogen) atoms. The molecule has 0 aromatic carbocycles. The average Bonchev–Trinajstić information content (AvgIpc) is 2.79. The summed E-state index contributed by atoms with van der Waals surface area (Å²) in [6.07, 6.45) is 4.53. The lowest BCUT2D eigenvalue weighted by atomic mass is 10.0. The Morgan fingerprint density at radius 2 is 2.33 bits per heavy atom. The van der Waals surface area contributed by atoms with Crippen LogP contribution in [0.1, 0.15) is 39.5 Å². The van der Waals surface area contributed by atoms with Crippen LogP contribution in [-0.4, -0.2) is 24.5 Å². The van der Waals surface area contributed by atoms with Crippen LogP contribution in [0.5, 0.6) is 0 Å². The monoisotopic (exact) mass is 210 g/mol. The first kappa shape index (κ1) is 10.9. The summed E-state index contributed by atoms with van der Waals surface area (Å²) in [5, 5.41) is 6.66. The zero-order valence-electron chi connectivity index (χ0n) is 9.75. The Balaban J connectivity index is 1.79. The summed E-state index contributed by atoms with van der Waals surface area (Å²) in [5.41, 5.74) is 0. The predicted octanol–water partition coefficient (Wildman–Crippen LogP) is 1.29. The Kier molecular flexibility index (Phi) is 3.29. The maximum absolute atomic E-state index is 11.8. The Morgan fingerprint density at radius 1 is 1.53 bits per heavy atom. The van der Waals surface area contributed by atoms with Crippen molar-refractivity contribution < 1.29 is 4.79 Å². The van der Waals surface area contributed by atoms with Gasteiger partial charge < -0.3 is 10.6 Å². The van der Waals surface area contributed by atoms with Crippen molar-refractivity contribution in [1.82, 2.24) is 10.6 Å². The third kappa shape index (κ3) is 2.33. The van der Waals surface area contributed by atoms with Crippen molar-refractivity contribution in [2.24, 2.45) is 11.8 Å². The molecule has 2 fully saturated rings. The molecule has 86 valence electrons. The number of hydrogen-bond donors (Lipinski definition) is 2. The molecule has 2 N–H and O–H groups in total. The van der Waals surface area contributed by atoms with E-state index >= 15 is 0 Å². The van der Waals surface area contributed by atoms with Crippen LogP contribution in [0.2, 0.25) is 0 Å². The molecule has 1 aliphatic carbocycles. The molecule has 1 saturated carbocycles. The maximum Gasteiger partial charge on any atom is 0.223 e. The fourth-order valence-corrected chi connectivity index (χ4v) is 2.90. The van der Waals surface area contributed by atoms with E-state index in [1.807, 2.05) is 6.92 Å². The van der Waals surface area contributed by atoms with Crippen LogP contribution in [0.15, 0.2) is 0 Å². The molecule has 0 aromatic heterocycles. The predicted molar refractivity (Wildman–Crippen MR) is 60.5 cm³/mol. The van der Waals surface area contributed by atoms with Crippen molar-refractivity contribution in [3.8, 4) is 0 Å². The molecule has 3 heteroatoms. The second kappa shape index (κ2) is 4.52. The fourth-order valence-electron chi connectivity index (χ4n) is 2.90. The first-order valence-electron chi connectivity index (χ1n) is 6.24. The number of piperidine rings is 1. The van der Waals surface area contributed by atoms with Crippen molar-refractivity contribution in [3.63, 3.8) is 0 Å². The molecular weight excluding hydrogens is 188 g/mol. The third-order valence-electron chi connectivity index (χ3n) is 3.83. The summed E-state index contributed by atoms with van der Waals surface area (Å²) in [5.74, 6) is 1.23. The molecule has 2 aliphatic rings. The van der Waals surface area contributed by atoms with Crippen molar-refractivity contribution in [2.45, 2.75) is 51.6 Å². The van der Waals surface area contributed by atoms with Crippen LogP contribution < -0.4 is 10.6 Å². The van der Waals surface area contributed by atoms with E-state index in [9.17, 15) is 4.79 Å². The highest BCUT2D eigenvalue weighted by molar-refractivity contribution is 5.78. The summed E-state index contributed by atoms with van der Waals surface area (Å²) in [6, 6.07) is 0.948. The number of carbonyl (C=O) groups is 1. The van der Waals surface area contributed by atoms with Gasteiger partial charge in [0.1, 0.15) is 0 Å². The van der Waals surface area contributed by atoms with E-state index in [4.69, 9.17) is 0 Å². The summed E-state index contributed by atoms with van der Waals surface area (Å²) >= 11 is 0. The number of fused-ring (bicyclic) bond motifs is 2. The average molecular weight is 210 g/mol. The minimum Gasteiger partial charge on any atom is -0.352 e. The van der Waals surface area contributed by atoms with Gasteiger partial charge in [0, 0.05) is 18.0 Å². The highest BCUT2D eigenvalue weighted by Gasteiger charge is 2.40. The van der Waals surface area contributed by atoms with Gasteiger partial charge in [0.25, 0.3) is 0 Å². The number of nitrogens with one attached hydrogen (secondary N) is 2. The zero-order chi connectivity index (χ0) is 10.8. The molecule has 4 unspecified atom stereocenters. The van der Waals surface area contributed by atoms with Gasteiger partial charge in [-0.3, -0.25) is 4.79 Å². The second-order valence-electron chi connectivity index (χ2n) is 5.16. The molecule has 3 nitrogen and oxygen atoms in total. The molecule has 2 bridgehead atoms. The lowest BCUT2D eigenvalue weighted by Crippen LogP contribution is -2.49. The van der Waals surface area contributed by atoms with Gasteiger partial charge in [-0.25, -0.2) is 0 Å². The van der Waals surface area contributed by atoms with E-state index in [1.165, 1.54) is 12.8 Å². The molecule has 0 aromatic rings. The van der Waals surface area contributed by atoms with Crippen LogP contribution in [0.3, 0.4) is 0 Å². The highest BCUT2D eigenvalue weighted by atomic mass is 16.1. The topological polar surface area (TPSA) is 41.1 Å². The first-order valence-corrected chi connectivity index (χ1v) is 6.24. The van der Waals surface area contributed by atoms with E-state index < -0.39 is 0 Å². The Morgan fingerprint density at radius 3 is 2.87 bits per heavy atom. The molecule has 1 heterocycles. The van der Waals surface area contributed by atoms with Crippen molar-refractivity contribution in [2.75, 3.05) is 6.54 Å². The Hall–Kier alpha value is -0.570. The molecule has 1 aliphatic heterocycles. The minimum absolute atomic E-state index is 0.175. The van der Waals surface area contributed by atoms with Crippen LogP contribution in [0.4, 0.5) is 0 Å². The lowest BCUT2D eigenvalue weighted by molar-refractivity contribution is -0.125. The van der Waals surface area contributed by atoms with Gasteiger partial charge >= 0.3 is 0 Å². The molecule has 0 radical (unpaired) electrons. The fraction of sp³-hybridized carbons (Fsp3) is 0.917. The van der Waals surface area contributed by atoms with Crippen LogP contribution in [-0.2, 0) is 4.79 Å². The summed E-state index contributed by atoms with van der Waals surface area (Å²) < 4.78 is 0. The number of carbonyl (C=O) groups excluding carboxylic acids is 1. The lowest BCUT2D eigenvalue weighted by Gasteiger charge is -2.25. The molecule has 1 amide bonds. The smallest absolute Gasteiger partial charge is 0.223 e. The van der Waals surface area contributed by atoms with Gasteiger partial charge in [-0.05, 0) is 31.7 Å². The van der Waals surface area contributed by atoms with Gasteiger partial charge in [-0.15, -0.1) is 0 Å². The molecular formula is C12H22N2O. The van der Waals surface area contributed by atoms with E-state index in [1.54, 1.807) is 0 Å². The minimum atomic E-state index is 0.175. The number of amides is 1. The standard InChI is InChI=1S/C12H22N2O/c1-3-4-8(2)12(15)14-11-6-9-5-10(11)13-7-9/h8-11,13H,3-7H2,1-2H3,(H,14,15). The van der Waals surface area contributed by atoms with Gasteiger partial charge in [0.15, 0.2) is 0 Å². The van der Waals surface area contributed by atoms with Gasteiger partial charge in [-0.2, -0.15) is 0 Å². The maximum atomic E-state index is 11.8. The SMILES string of the molecule is CCCC(C)C(=O)NC1CC2CNC1C2. The van der Waals surface area contributed by atoms with Crippen molar-refractivity contribution in [1.29, 1.82) is 0 Å². The number of hydrogen-bond acceptors (Lipinski definition) is 2. The summed E-state index contributed by atoms with van der Waals surface area (Å²) in [7, 11) is 0. The zero-order valence-corrected chi connectivity index (χ0v) is 9.75.